The third kappa shape index (κ3) is 5.48. The van der Waals surface area contributed by atoms with Gasteiger partial charge in [-0.05, 0) is 39.3 Å². The summed E-state index contributed by atoms with van der Waals surface area (Å²) in [6.45, 7) is 6.90. The first-order valence-electron chi connectivity index (χ1n) is 12.4. The summed E-state index contributed by atoms with van der Waals surface area (Å²) in [5, 5.41) is 5.02. The Morgan fingerprint density at radius 3 is 1.84 bits per heavy atom. The van der Waals surface area contributed by atoms with Crippen LogP contribution in [0.4, 0.5) is 0 Å². The second kappa shape index (κ2) is 12.2. The van der Waals surface area contributed by atoms with Crippen LogP contribution in [0.25, 0.3) is 17.2 Å². The van der Waals surface area contributed by atoms with E-state index in [9.17, 15) is 0 Å². The number of hydrogen-bond donors (Lipinski definition) is 0. The average molecular weight is 612 g/mol. The number of benzene rings is 4. The van der Waals surface area contributed by atoms with Crippen molar-refractivity contribution >= 4 is 17.2 Å². The van der Waals surface area contributed by atoms with E-state index in [-0.39, 0.29) is 56.4 Å². The number of hydrogen-bond acceptors (Lipinski definition) is 0. The SMILES string of the molecule is CC(C)(C)C1=CCC(c2c3c(ccc2=C(c2ccccc2)c2ccccc2)=c2ccccc2=[C-]3)=C1.[Cl-].[Cl-].[Zr+3]. The van der Waals surface area contributed by atoms with Gasteiger partial charge in [-0.3, -0.25) is 0 Å². The van der Waals surface area contributed by atoms with Crippen LogP contribution in [0.15, 0.2) is 115 Å². The van der Waals surface area contributed by atoms with Crippen LogP contribution in [0.2, 0.25) is 0 Å². The summed E-state index contributed by atoms with van der Waals surface area (Å²) >= 11 is 0. The summed E-state index contributed by atoms with van der Waals surface area (Å²) in [4.78, 5) is 0. The fourth-order valence-corrected chi connectivity index (χ4v) is 5.37. The molecule has 38 heavy (non-hydrogen) atoms. The van der Waals surface area contributed by atoms with Gasteiger partial charge in [0, 0.05) is 0 Å². The van der Waals surface area contributed by atoms with Crippen molar-refractivity contribution in [3.8, 4) is 0 Å². The normalized spacial score (nSPS) is 12.9. The minimum absolute atomic E-state index is 0. The third-order valence-electron chi connectivity index (χ3n) is 7.14. The fraction of sp³-hybridized carbons (Fsp3) is 0.143. The molecule has 0 saturated heterocycles. The van der Waals surface area contributed by atoms with Crippen LogP contribution in [-0.2, 0) is 26.2 Å². The van der Waals surface area contributed by atoms with Gasteiger partial charge >= 0.3 is 26.2 Å². The largest absolute Gasteiger partial charge is 3.00 e. The van der Waals surface area contributed by atoms with E-state index in [4.69, 9.17) is 0 Å². The Labute approximate surface area is 257 Å². The molecule has 4 aromatic rings. The Balaban J connectivity index is 0.00000133. The zero-order valence-electron chi connectivity index (χ0n) is 21.9. The van der Waals surface area contributed by atoms with Crippen molar-refractivity contribution in [1.29, 1.82) is 0 Å². The summed E-state index contributed by atoms with van der Waals surface area (Å²) < 4.78 is 0. The first-order valence-corrected chi connectivity index (χ1v) is 12.4. The van der Waals surface area contributed by atoms with E-state index in [1.165, 1.54) is 59.8 Å². The Bertz CT molecular complexity index is 1680. The van der Waals surface area contributed by atoms with E-state index >= 15 is 0 Å². The predicted octanol–water partition coefficient (Wildman–Crippen LogP) is 1.01. The van der Waals surface area contributed by atoms with Gasteiger partial charge in [-0.1, -0.05) is 135 Å². The first kappa shape index (κ1) is 30.1. The maximum Gasteiger partial charge on any atom is 3.00 e. The van der Waals surface area contributed by atoms with Crippen LogP contribution in [0.3, 0.4) is 0 Å². The smallest absolute Gasteiger partial charge is 1.00 e. The van der Waals surface area contributed by atoms with Crippen LogP contribution in [0, 0.1) is 15.9 Å². The van der Waals surface area contributed by atoms with E-state index in [1.54, 1.807) is 0 Å². The Morgan fingerprint density at radius 1 is 0.684 bits per heavy atom. The first-order chi connectivity index (χ1) is 17.0. The average Bonchev–Trinajstić information content (AvgIpc) is 3.51. The molecule has 0 nitrogen and oxygen atoms in total. The van der Waals surface area contributed by atoms with Gasteiger partial charge in [0.2, 0.25) is 0 Å². The molecule has 4 aromatic carbocycles. The van der Waals surface area contributed by atoms with Crippen LogP contribution in [0.1, 0.15) is 49.4 Å². The van der Waals surface area contributed by atoms with Gasteiger partial charge in [0.1, 0.15) is 0 Å². The summed E-state index contributed by atoms with van der Waals surface area (Å²) in [5.41, 5.74) is 9.20. The van der Waals surface area contributed by atoms with Crippen molar-refractivity contribution in [2.45, 2.75) is 27.2 Å². The summed E-state index contributed by atoms with van der Waals surface area (Å²) in [6, 6.07) is 34.9. The molecule has 0 amide bonds. The molecule has 0 bridgehead atoms. The monoisotopic (exact) mass is 609 g/mol. The molecule has 2 aliphatic rings. The Morgan fingerprint density at radius 2 is 1.26 bits per heavy atom. The summed E-state index contributed by atoms with van der Waals surface area (Å²) in [5.74, 6) is 0. The number of allylic oxidation sites excluding steroid dienone is 4. The number of halogens is 2. The van der Waals surface area contributed by atoms with E-state index in [1.807, 2.05) is 0 Å². The van der Waals surface area contributed by atoms with Gasteiger partial charge in [-0.25, -0.2) is 0 Å². The van der Waals surface area contributed by atoms with Crippen molar-refractivity contribution in [2.75, 3.05) is 0 Å². The van der Waals surface area contributed by atoms with E-state index in [0.29, 0.717) is 0 Å². The second-order valence-corrected chi connectivity index (χ2v) is 10.5. The molecule has 2 aliphatic carbocycles. The molecule has 0 unspecified atom stereocenters. The topological polar surface area (TPSA) is 0 Å². The molecule has 187 valence electrons. The molecule has 0 heterocycles. The van der Waals surface area contributed by atoms with Crippen LogP contribution < -0.4 is 35.3 Å². The maximum absolute atomic E-state index is 3.80. The quantitative estimate of drug-likeness (QED) is 0.268. The molecule has 0 aliphatic heterocycles. The van der Waals surface area contributed by atoms with Gasteiger partial charge in [0.15, 0.2) is 0 Å². The molecule has 0 saturated carbocycles. The van der Waals surface area contributed by atoms with Gasteiger partial charge in [0.25, 0.3) is 0 Å². The summed E-state index contributed by atoms with van der Waals surface area (Å²) in [6.07, 6.45) is 9.58. The van der Waals surface area contributed by atoms with Gasteiger partial charge in [0.05, 0.1) is 0 Å². The van der Waals surface area contributed by atoms with Gasteiger partial charge in [-0.15, -0.1) is 33.4 Å². The fourth-order valence-electron chi connectivity index (χ4n) is 5.37. The minimum Gasteiger partial charge on any atom is -1.00 e. The molecule has 0 aromatic heterocycles. The van der Waals surface area contributed by atoms with Crippen molar-refractivity contribution in [2.24, 2.45) is 5.41 Å². The predicted molar refractivity (Wildman–Crippen MR) is 147 cm³/mol. The molecule has 0 atom stereocenters. The molecule has 0 N–H and O–H groups in total. The third-order valence-corrected chi connectivity index (χ3v) is 7.14. The molecular weight excluding hydrogens is 583 g/mol. The van der Waals surface area contributed by atoms with E-state index in [0.717, 1.165) is 6.42 Å². The molecule has 6 rings (SSSR count). The number of fused-ring (bicyclic) bond motifs is 2. The van der Waals surface area contributed by atoms with E-state index < -0.39 is 0 Å². The van der Waals surface area contributed by atoms with Crippen molar-refractivity contribution in [1.82, 2.24) is 0 Å². The summed E-state index contributed by atoms with van der Waals surface area (Å²) in [7, 11) is 0. The van der Waals surface area contributed by atoms with Crippen LogP contribution in [0.5, 0.6) is 0 Å². The zero-order valence-corrected chi connectivity index (χ0v) is 25.8. The molecule has 0 spiro atoms. The van der Waals surface area contributed by atoms with Gasteiger partial charge < -0.3 is 24.8 Å². The second-order valence-electron chi connectivity index (χ2n) is 10.5. The number of rotatable bonds is 3. The van der Waals surface area contributed by atoms with Crippen LogP contribution in [-0.4, -0.2) is 0 Å². The van der Waals surface area contributed by atoms with Crippen molar-refractivity contribution in [3.05, 3.63) is 158 Å². The Kier molecular flexibility index (Phi) is 9.64. The maximum atomic E-state index is 3.80. The molecule has 0 fully saturated rings. The van der Waals surface area contributed by atoms with Crippen molar-refractivity contribution in [3.63, 3.8) is 0 Å². The van der Waals surface area contributed by atoms with Gasteiger partial charge in [-0.2, -0.15) is 0 Å². The molecular formula is C35H29Cl2Zr. The Hall–Kier alpha value is -2.44. The molecule has 1 radical (unpaired) electrons. The standard InChI is InChI=1S/C35H29.2ClH.Zr/c1-35(2,3)28-19-18-27(22-28)34-31(21-20-30-29-17-11-10-16-26(29)23-32(30)34)33(24-12-6-4-7-13-24)25-14-8-5-9-15-25;;;/h4-17,19-22H,18H2,1-3H3;2*1H;/q-1;;;+3/p-2. The zero-order chi connectivity index (χ0) is 24.0. The molecule has 3 heteroatoms. The van der Waals surface area contributed by atoms with E-state index in [2.05, 4.69) is 136 Å². The minimum atomic E-state index is 0. The van der Waals surface area contributed by atoms with Crippen molar-refractivity contribution < 1.29 is 51.0 Å². The van der Waals surface area contributed by atoms with Crippen LogP contribution >= 0.6 is 0 Å².